The first-order valence-electron chi connectivity index (χ1n) is 7.78. The Hall–Kier alpha value is -1.21. The number of nitrogens with zero attached hydrogens (tertiary/aromatic N) is 2. The first-order valence-corrected chi connectivity index (χ1v) is 8.66. The van der Waals surface area contributed by atoms with Crippen molar-refractivity contribution in [2.45, 2.75) is 32.4 Å². The van der Waals surface area contributed by atoms with Crippen LogP contribution in [0.3, 0.4) is 0 Å². The van der Waals surface area contributed by atoms with Crippen molar-refractivity contribution in [1.82, 2.24) is 15.2 Å². The van der Waals surface area contributed by atoms with Gasteiger partial charge in [-0.3, -0.25) is 4.79 Å². The third kappa shape index (κ3) is 5.14. The summed E-state index contributed by atoms with van der Waals surface area (Å²) >= 11 is 1.47. The molecule has 1 saturated heterocycles. The minimum absolute atomic E-state index is 0. The molecule has 0 spiro atoms. The van der Waals surface area contributed by atoms with Gasteiger partial charge in [0.15, 0.2) is 0 Å². The van der Waals surface area contributed by atoms with Crippen molar-refractivity contribution in [3.05, 3.63) is 51.7 Å². The summed E-state index contributed by atoms with van der Waals surface area (Å²) in [6.07, 6.45) is 0.617. The average Bonchev–Trinajstić information content (AvgIpc) is 3.00. The Kier molecular flexibility index (Phi) is 8.28. The number of piperazine rings is 1. The van der Waals surface area contributed by atoms with Crippen LogP contribution in [0.4, 0.5) is 4.39 Å². The van der Waals surface area contributed by atoms with Crippen LogP contribution < -0.4 is 5.32 Å². The van der Waals surface area contributed by atoms with Crippen LogP contribution in [0, 0.1) is 5.82 Å². The molecule has 1 N–H and O–H groups in total. The van der Waals surface area contributed by atoms with Crippen LogP contribution in [0.5, 0.6) is 0 Å². The van der Waals surface area contributed by atoms with E-state index < -0.39 is 0 Å². The fourth-order valence-corrected chi connectivity index (χ4v) is 3.56. The highest BCUT2D eigenvalue weighted by Crippen LogP contribution is 2.19. The molecule has 0 radical (unpaired) electrons. The summed E-state index contributed by atoms with van der Waals surface area (Å²) in [5.41, 5.74) is 1.50. The van der Waals surface area contributed by atoms with E-state index in [1.807, 2.05) is 10.3 Å². The van der Waals surface area contributed by atoms with Crippen molar-refractivity contribution in [1.29, 1.82) is 0 Å². The van der Waals surface area contributed by atoms with Gasteiger partial charge in [-0.05, 0) is 31.5 Å². The number of carbonyl (C=O) groups excluding carboxylic acids is 1. The molecule has 3 rings (SSSR count). The summed E-state index contributed by atoms with van der Waals surface area (Å²) in [5.74, 6) is -0.252. The molecule has 1 aromatic carbocycles. The summed E-state index contributed by atoms with van der Waals surface area (Å²) in [4.78, 5) is 19.0. The third-order valence-corrected chi connectivity index (χ3v) is 5.18. The lowest BCUT2D eigenvalue weighted by Crippen LogP contribution is -2.57. The van der Waals surface area contributed by atoms with Gasteiger partial charge in [0.1, 0.15) is 11.5 Å². The smallest absolute Gasteiger partial charge is 0.273 e. The van der Waals surface area contributed by atoms with Crippen LogP contribution in [0.25, 0.3) is 0 Å². The third-order valence-electron chi connectivity index (χ3n) is 4.33. The Morgan fingerprint density at radius 1 is 1.32 bits per heavy atom. The highest BCUT2D eigenvalue weighted by atomic mass is 35.5. The summed E-state index contributed by atoms with van der Waals surface area (Å²) in [7, 11) is 0. The number of amides is 1. The molecular formula is C17H22Cl2FN3OS. The minimum atomic E-state index is -0.245. The van der Waals surface area contributed by atoms with E-state index >= 15 is 0 Å². The van der Waals surface area contributed by atoms with E-state index in [4.69, 9.17) is 0 Å². The molecule has 1 fully saturated rings. The fourth-order valence-electron chi connectivity index (χ4n) is 2.76. The Labute approximate surface area is 163 Å². The first kappa shape index (κ1) is 21.8. The van der Waals surface area contributed by atoms with Crippen LogP contribution >= 0.6 is 36.2 Å². The van der Waals surface area contributed by atoms with Crippen LogP contribution in [-0.2, 0) is 6.42 Å². The van der Waals surface area contributed by atoms with Gasteiger partial charge in [0, 0.05) is 37.0 Å². The summed E-state index contributed by atoms with van der Waals surface area (Å²) in [6, 6.07) is 6.82. The standard InChI is InChI=1S/C17H20FN3OS.2ClH/c1-11-12(2)21(8-7-19-11)17(22)15-10-23-16(20-15)9-13-3-5-14(18)6-4-13;;/h3-6,10-12,19H,7-9H2,1-2H3;2*1H. The highest BCUT2D eigenvalue weighted by Gasteiger charge is 2.29. The van der Waals surface area contributed by atoms with Gasteiger partial charge in [0.25, 0.3) is 5.91 Å². The second-order valence-corrected chi connectivity index (χ2v) is 6.85. The Morgan fingerprint density at radius 3 is 2.68 bits per heavy atom. The summed E-state index contributed by atoms with van der Waals surface area (Å²) in [5, 5.41) is 6.06. The van der Waals surface area contributed by atoms with Crippen molar-refractivity contribution in [2.24, 2.45) is 0 Å². The van der Waals surface area contributed by atoms with E-state index in [1.54, 1.807) is 12.1 Å². The van der Waals surface area contributed by atoms with Crippen molar-refractivity contribution in [2.75, 3.05) is 13.1 Å². The van der Waals surface area contributed by atoms with Gasteiger partial charge in [0.05, 0.1) is 5.01 Å². The molecule has 4 nitrogen and oxygen atoms in total. The number of aromatic nitrogens is 1. The Bertz CT molecular complexity index is 695. The van der Waals surface area contributed by atoms with Gasteiger partial charge in [-0.2, -0.15) is 0 Å². The van der Waals surface area contributed by atoms with Crippen molar-refractivity contribution in [3.8, 4) is 0 Å². The second kappa shape index (κ2) is 9.48. The van der Waals surface area contributed by atoms with Crippen molar-refractivity contribution in [3.63, 3.8) is 0 Å². The zero-order valence-corrected chi connectivity index (χ0v) is 16.5. The number of thiazole rings is 1. The number of hydrogen-bond donors (Lipinski definition) is 1. The van der Waals surface area contributed by atoms with Gasteiger partial charge < -0.3 is 10.2 Å². The van der Waals surface area contributed by atoms with E-state index in [2.05, 4.69) is 24.1 Å². The van der Waals surface area contributed by atoms with Crippen LogP contribution in [-0.4, -0.2) is 41.0 Å². The molecule has 8 heteroatoms. The second-order valence-electron chi connectivity index (χ2n) is 5.91. The molecular weight excluding hydrogens is 384 g/mol. The van der Waals surface area contributed by atoms with Crippen LogP contribution in [0.15, 0.2) is 29.6 Å². The molecule has 1 aromatic heterocycles. The van der Waals surface area contributed by atoms with Gasteiger partial charge in [-0.15, -0.1) is 36.2 Å². The predicted molar refractivity (Wildman–Crippen MR) is 104 cm³/mol. The summed E-state index contributed by atoms with van der Waals surface area (Å²) < 4.78 is 12.9. The molecule has 1 amide bonds. The van der Waals surface area contributed by atoms with E-state index in [9.17, 15) is 9.18 Å². The maximum absolute atomic E-state index is 12.9. The maximum atomic E-state index is 12.9. The molecule has 0 bridgehead atoms. The normalized spacial score (nSPS) is 19.7. The van der Waals surface area contributed by atoms with Gasteiger partial charge >= 0.3 is 0 Å². The molecule has 25 heavy (non-hydrogen) atoms. The SMILES string of the molecule is CC1NCCN(C(=O)c2csc(Cc3ccc(F)cc3)n2)C1C.Cl.Cl. The molecule has 2 unspecified atom stereocenters. The van der Waals surface area contributed by atoms with Gasteiger partial charge in [0.2, 0.25) is 0 Å². The largest absolute Gasteiger partial charge is 0.332 e. The molecule has 2 atom stereocenters. The lowest BCUT2D eigenvalue weighted by atomic mass is 10.1. The van der Waals surface area contributed by atoms with Crippen molar-refractivity contribution < 1.29 is 9.18 Å². The molecule has 138 valence electrons. The van der Waals surface area contributed by atoms with Gasteiger partial charge in [-0.1, -0.05) is 12.1 Å². The minimum Gasteiger partial charge on any atom is -0.332 e. The number of benzene rings is 1. The molecule has 0 aliphatic carbocycles. The van der Waals surface area contributed by atoms with Crippen LogP contribution in [0.2, 0.25) is 0 Å². The molecule has 0 saturated carbocycles. The number of rotatable bonds is 3. The number of halogens is 3. The number of carbonyl (C=O) groups is 1. The monoisotopic (exact) mass is 405 g/mol. The van der Waals surface area contributed by atoms with E-state index in [0.717, 1.165) is 17.1 Å². The lowest BCUT2D eigenvalue weighted by Gasteiger charge is -2.38. The zero-order valence-electron chi connectivity index (χ0n) is 14.1. The Morgan fingerprint density at radius 2 is 2.00 bits per heavy atom. The van der Waals surface area contributed by atoms with Crippen molar-refractivity contribution >= 4 is 42.1 Å². The topological polar surface area (TPSA) is 45.2 Å². The predicted octanol–water partition coefficient (Wildman–Crippen LogP) is 3.54. The van der Waals surface area contributed by atoms with Gasteiger partial charge in [-0.25, -0.2) is 9.37 Å². The highest BCUT2D eigenvalue weighted by molar-refractivity contribution is 7.09. The zero-order chi connectivity index (χ0) is 16.4. The Balaban J connectivity index is 0.00000156. The molecule has 1 aliphatic rings. The summed E-state index contributed by atoms with van der Waals surface area (Å²) in [6.45, 7) is 5.66. The molecule has 2 aromatic rings. The molecule has 1 aliphatic heterocycles. The molecule has 2 heterocycles. The lowest BCUT2D eigenvalue weighted by molar-refractivity contribution is 0.0597. The first-order chi connectivity index (χ1) is 11.0. The van der Waals surface area contributed by atoms with Crippen LogP contribution in [0.1, 0.15) is 34.9 Å². The maximum Gasteiger partial charge on any atom is 0.273 e. The van der Waals surface area contributed by atoms with E-state index in [1.165, 1.54) is 23.5 Å². The quantitative estimate of drug-likeness (QED) is 0.848. The number of hydrogen-bond acceptors (Lipinski definition) is 4. The average molecular weight is 406 g/mol. The van der Waals surface area contributed by atoms with E-state index in [-0.39, 0.29) is 48.6 Å². The van der Waals surface area contributed by atoms with E-state index in [0.29, 0.717) is 18.7 Å². The fraction of sp³-hybridized carbons (Fsp3) is 0.412. The number of nitrogens with one attached hydrogen (secondary N) is 1.